The second-order valence-electron chi connectivity index (χ2n) is 7.27. The molecule has 30 heavy (non-hydrogen) atoms. The van der Waals surface area contributed by atoms with Crippen LogP contribution >= 0.6 is 23.2 Å². The Bertz CT molecular complexity index is 975. The molecule has 2 N–H and O–H groups in total. The van der Waals surface area contributed by atoms with Crippen LogP contribution in [0.5, 0.6) is 0 Å². The number of benzene rings is 2. The normalized spacial score (nSPS) is 20.4. The minimum absolute atomic E-state index is 0.0127. The first-order valence-electron chi connectivity index (χ1n) is 9.67. The van der Waals surface area contributed by atoms with E-state index in [4.69, 9.17) is 23.2 Å². The molecule has 0 aliphatic carbocycles. The molecule has 2 aliphatic rings. The number of carbonyl (C=O) groups is 2. The standard InChI is InChI=1S/C21H21Cl2N5O2/c1-2-13-3-5-14(6-4-13)18-10-19-21(30)27(24-12-28(19)26-18)11-20(29)25-17-8-15(22)7-16(23)9-17/h3-9,12,18-19,26H,2,10-11H2,1H3,(H,25,29). The first-order valence-corrected chi connectivity index (χ1v) is 10.4. The number of hydrogen-bond donors (Lipinski definition) is 2. The van der Waals surface area contributed by atoms with Gasteiger partial charge in [-0.3, -0.25) is 14.6 Å². The lowest BCUT2D eigenvalue weighted by molar-refractivity contribution is -0.139. The fourth-order valence-corrected chi connectivity index (χ4v) is 4.14. The van der Waals surface area contributed by atoms with Crippen LogP contribution in [0.15, 0.2) is 47.6 Å². The smallest absolute Gasteiger partial charge is 0.267 e. The maximum absolute atomic E-state index is 12.9. The Morgan fingerprint density at radius 1 is 1.20 bits per heavy atom. The molecule has 2 amide bonds. The van der Waals surface area contributed by atoms with E-state index in [0.29, 0.717) is 22.2 Å². The molecule has 156 valence electrons. The summed E-state index contributed by atoms with van der Waals surface area (Å²) >= 11 is 11.9. The highest BCUT2D eigenvalue weighted by atomic mass is 35.5. The van der Waals surface area contributed by atoms with Gasteiger partial charge in [0.1, 0.15) is 18.9 Å². The van der Waals surface area contributed by atoms with E-state index < -0.39 is 6.04 Å². The minimum atomic E-state index is -0.410. The summed E-state index contributed by atoms with van der Waals surface area (Å²) in [6.45, 7) is 1.92. The molecule has 0 bridgehead atoms. The number of hydrogen-bond acceptors (Lipinski definition) is 5. The zero-order valence-corrected chi connectivity index (χ0v) is 17.8. The summed E-state index contributed by atoms with van der Waals surface area (Å²) in [6, 6.07) is 12.7. The third kappa shape index (κ3) is 4.43. The highest BCUT2D eigenvalue weighted by molar-refractivity contribution is 6.35. The van der Waals surface area contributed by atoms with Crippen LogP contribution in [-0.4, -0.2) is 40.8 Å². The number of halogens is 2. The molecule has 2 heterocycles. The Labute approximate surface area is 184 Å². The molecular formula is C21H21Cl2N5O2. The predicted molar refractivity (Wildman–Crippen MR) is 117 cm³/mol. The average molecular weight is 446 g/mol. The molecule has 2 unspecified atom stereocenters. The number of rotatable bonds is 5. The number of anilines is 1. The number of hydrazine groups is 1. The number of nitrogens with one attached hydrogen (secondary N) is 2. The van der Waals surface area contributed by atoms with Gasteiger partial charge in [0.2, 0.25) is 5.91 Å². The number of amides is 2. The zero-order chi connectivity index (χ0) is 21.3. The first-order chi connectivity index (χ1) is 14.4. The largest absolute Gasteiger partial charge is 0.324 e. The molecule has 7 nitrogen and oxygen atoms in total. The molecule has 9 heteroatoms. The quantitative estimate of drug-likeness (QED) is 0.736. The maximum Gasteiger partial charge on any atom is 0.267 e. The summed E-state index contributed by atoms with van der Waals surface area (Å²) < 4.78 is 0. The molecule has 2 atom stereocenters. The Hall–Kier alpha value is -2.61. The van der Waals surface area contributed by atoms with Crippen LogP contribution in [0.3, 0.4) is 0 Å². The van der Waals surface area contributed by atoms with Crippen LogP contribution in [-0.2, 0) is 16.0 Å². The van der Waals surface area contributed by atoms with Gasteiger partial charge in [0.15, 0.2) is 0 Å². The van der Waals surface area contributed by atoms with E-state index >= 15 is 0 Å². The highest BCUT2D eigenvalue weighted by Crippen LogP contribution is 2.30. The van der Waals surface area contributed by atoms with Crippen molar-refractivity contribution in [2.45, 2.75) is 31.8 Å². The monoisotopic (exact) mass is 445 g/mol. The Morgan fingerprint density at radius 3 is 2.57 bits per heavy atom. The second-order valence-corrected chi connectivity index (χ2v) is 8.14. The van der Waals surface area contributed by atoms with E-state index in [-0.39, 0.29) is 24.4 Å². The first kappa shape index (κ1) is 20.7. The van der Waals surface area contributed by atoms with E-state index in [9.17, 15) is 9.59 Å². The Balaban J connectivity index is 1.39. The lowest BCUT2D eigenvalue weighted by atomic mass is 9.99. The van der Waals surface area contributed by atoms with Gasteiger partial charge in [-0.25, -0.2) is 10.4 Å². The van der Waals surface area contributed by atoms with Gasteiger partial charge < -0.3 is 5.32 Å². The van der Waals surface area contributed by atoms with Crippen LogP contribution in [0.2, 0.25) is 10.0 Å². The number of aryl methyl sites for hydroxylation is 1. The fraction of sp³-hybridized carbons (Fsp3) is 0.286. The van der Waals surface area contributed by atoms with Crippen molar-refractivity contribution < 1.29 is 9.59 Å². The molecule has 0 radical (unpaired) electrons. The van der Waals surface area contributed by atoms with Crippen molar-refractivity contribution >= 4 is 47.0 Å². The third-order valence-corrected chi connectivity index (χ3v) is 5.62. The molecule has 2 aliphatic heterocycles. The van der Waals surface area contributed by atoms with Gasteiger partial charge in [-0.15, -0.1) is 0 Å². The molecule has 0 spiro atoms. The summed E-state index contributed by atoms with van der Waals surface area (Å²) in [5.74, 6) is -0.609. The maximum atomic E-state index is 12.9. The van der Waals surface area contributed by atoms with Gasteiger partial charge in [-0.05, 0) is 42.2 Å². The van der Waals surface area contributed by atoms with Crippen LogP contribution in [0.25, 0.3) is 0 Å². The van der Waals surface area contributed by atoms with E-state index in [0.717, 1.165) is 12.0 Å². The number of carbonyl (C=O) groups excluding carboxylic acids is 2. The molecule has 4 rings (SSSR count). The number of hydrazone groups is 1. The average Bonchev–Trinajstić information content (AvgIpc) is 3.14. The summed E-state index contributed by atoms with van der Waals surface area (Å²) in [7, 11) is 0. The van der Waals surface area contributed by atoms with Crippen molar-refractivity contribution in [1.82, 2.24) is 15.4 Å². The van der Waals surface area contributed by atoms with Gasteiger partial charge in [-0.1, -0.05) is 54.4 Å². The molecule has 0 aromatic heterocycles. The lowest BCUT2D eigenvalue weighted by Gasteiger charge is -2.29. The molecule has 1 fully saturated rings. The van der Waals surface area contributed by atoms with Crippen molar-refractivity contribution in [1.29, 1.82) is 0 Å². The van der Waals surface area contributed by atoms with Crippen molar-refractivity contribution in [3.63, 3.8) is 0 Å². The van der Waals surface area contributed by atoms with Crippen LogP contribution in [0.1, 0.15) is 30.5 Å². The lowest BCUT2D eigenvalue weighted by Crippen LogP contribution is -2.52. The Morgan fingerprint density at radius 2 is 1.90 bits per heavy atom. The molecule has 0 saturated carbocycles. The number of fused-ring (bicyclic) bond motifs is 1. The van der Waals surface area contributed by atoms with Gasteiger partial charge >= 0.3 is 0 Å². The summed E-state index contributed by atoms with van der Waals surface area (Å²) in [5, 5.41) is 10.6. The van der Waals surface area contributed by atoms with Crippen LogP contribution in [0.4, 0.5) is 5.69 Å². The topological polar surface area (TPSA) is 77.0 Å². The third-order valence-electron chi connectivity index (χ3n) is 5.18. The van der Waals surface area contributed by atoms with Gasteiger partial charge in [0.05, 0.1) is 6.04 Å². The number of nitrogens with zero attached hydrogens (tertiary/aromatic N) is 3. The minimum Gasteiger partial charge on any atom is -0.324 e. The fourth-order valence-electron chi connectivity index (χ4n) is 3.62. The summed E-state index contributed by atoms with van der Waals surface area (Å²) in [5.41, 5.74) is 6.16. The van der Waals surface area contributed by atoms with Crippen LogP contribution < -0.4 is 10.7 Å². The molecule has 2 aromatic rings. The van der Waals surface area contributed by atoms with E-state index in [2.05, 4.69) is 47.0 Å². The second kappa shape index (κ2) is 8.63. The van der Waals surface area contributed by atoms with E-state index in [1.807, 2.05) is 0 Å². The van der Waals surface area contributed by atoms with Crippen molar-refractivity contribution in [2.75, 3.05) is 11.9 Å². The molecular weight excluding hydrogens is 425 g/mol. The van der Waals surface area contributed by atoms with Crippen molar-refractivity contribution in [3.8, 4) is 0 Å². The summed E-state index contributed by atoms with van der Waals surface area (Å²) in [4.78, 5) is 25.3. The van der Waals surface area contributed by atoms with Crippen molar-refractivity contribution in [3.05, 3.63) is 63.6 Å². The van der Waals surface area contributed by atoms with Crippen molar-refractivity contribution in [2.24, 2.45) is 5.10 Å². The highest BCUT2D eigenvalue weighted by Gasteiger charge is 2.41. The summed E-state index contributed by atoms with van der Waals surface area (Å²) in [6.07, 6.45) is 3.13. The van der Waals surface area contributed by atoms with E-state index in [1.54, 1.807) is 29.5 Å². The van der Waals surface area contributed by atoms with Gasteiger partial charge in [-0.2, -0.15) is 5.10 Å². The van der Waals surface area contributed by atoms with E-state index in [1.165, 1.54) is 10.6 Å². The van der Waals surface area contributed by atoms with Gasteiger partial charge in [0.25, 0.3) is 5.91 Å². The SMILES string of the molecule is CCc1ccc(C2CC3C(=O)N(CC(=O)Nc4cc(Cl)cc(Cl)c4)N=CN3N2)cc1. The zero-order valence-electron chi connectivity index (χ0n) is 16.3. The van der Waals surface area contributed by atoms with Crippen LogP contribution in [0, 0.1) is 0 Å². The molecule has 1 saturated heterocycles. The Kier molecular flexibility index (Phi) is 5.94. The predicted octanol–water partition coefficient (Wildman–Crippen LogP) is 3.60. The molecule has 2 aromatic carbocycles. The van der Waals surface area contributed by atoms with Gasteiger partial charge in [0, 0.05) is 15.7 Å².